The van der Waals surface area contributed by atoms with Crippen LogP contribution in [0.2, 0.25) is 0 Å². The summed E-state index contributed by atoms with van der Waals surface area (Å²) in [5, 5.41) is 12.3. The number of alkyl halides is 3. The third-order valence-corrected chi connectivity index (χ3v) is 5.92. The lowest BCUT2D eigenvalue weighted by Crippen LogP contribution is -2.41. The van der Waals surface area contributed by atoms with Crippen molar-refractivity contribution in [3.05, 3.63) is 78.1 Å². The van der Waals surface area contributed by atoms with Crippen molar-refractivity contribution in [3.63, 3.8) is 0 Å². The highest BCUT2D eigenvalue weighted by Crippen LogP contribution is 2.34. The predicted octanol–water partition coefficient (Wildman–Crippen LogP) is 3.55. The highest BCUT2D eigenvalue weighted by molar-refractivity contribution is 5.90. The van der Waals surface area contributed by atoms with Crippen LogP contribution in [-0.4, -0.2) is 58.5 Å². The summed E-state index contributed by atoms with van der Waals surface area (Å²) in [7, 11) is 0. The van der Waals surface area contributed by atoms with Gasteiger partial charge in [-0.2, -0.15) is 18.3 Å². The van der Waals surface area contributed by atoms with Gasteiger partial charge in [0, 0.05) is 30.2 Å². The molecule has 1 unspecified atom stereocenters. The number of rotatable bonds is 4. The maximum atomic E-state index is 13.5. The second-order valence-electron chi connectivity index (χ2n) is 8.30. The number of nitrogens with zero attached hydrogens (tertiary/aromatic N) is 7. The molecule has 10 nitrogen and oxygen atoms in total. The largest absolute Gasteiger partial charge is 0.412 e. The van der Waals surface area contributed by atoms with Crippen LogP contribution in [0.5, 0.6) is 0 Å². The normalized spacial score (nSPS) is 15.9. The number of pyridine rings is 1. The number of amides is 1. The first kappa shape index (κ1) is 21.9. The number of hydrogen-bond acceptors (Lipinski definition) is 7. The van der Waals surface area contributed by atoms with Crippen molar-refractivity contribution in [2.45, 2.75) is 25.2 Å². The molecule has 1 aliphatic heterocycles. The molecule has 1 N–H and O–H groups in total. The number of imidazole rings is 1. The lowest BCUT2D eigenvalue weighted by Gasteiger charge is -2.33. The van der Waals surface area contributed by atoms with Gasteiger partial charge in [0.15, 0.2) is 0 Å². The van der Waals surface area contributed by atoms with Crippen LogP contribution in [0.25, 0.3) is 22.4 Å². The predicted molar refractivity (Wildman–Crippen MR) is 118 cm³/mol. The van der Waals surface area contributed by atoms with Crippen molar-refractivity contribution < 1.29 is 22.4 Å². The summed E-state index contributed by atoms with van der Waals surface area (Å²) in [6.45, 7) is -0.915. The van der Waals surface area contributed by atoms with Gasteiger partial charge in [0.25, 0.3) is 5.89 Å². The molecule has 1 aliphatic rings. The molecule has 5 aromatic rings. The van der Waals surface area contributed by atoms with E-state index in [2.05, 4.69) is 25.3 Å². The Kier molecular flexibility index (Phi) is 5.05. The smallest absolute Gasteiger partial charge is 0.408 e. The standard InChI is InChI=1S/C23H17F3N8O2/c24-23(25,26)11-33-10-14(9-29-33)20-31-32-21(36-20)22(35)34-8-7-16-18(28-12-27-16)19(34)17-6-5-13-3-1-2-4-15(13)30-17/h1-6,9-10,12,19H,7-8,11H2,(H,27,28). The van der Waals surface area contributed by atoms with E-state index in [9.17, 15) is 18.0 Å². The summed E-state index contributed by atoms with van der Waals surface area (Å²) < 4.78 is 44.2. The second-order valence-corrected chi connectivity index (χ2v) is 8.30. The molecule has 0 aliphatic carbocycles. The number of carbonyl (C=O) groups excluding carboxylic acids is 1. The lowest BCUT2D eigenvalue weighted by molar-refractivity contribution is -0.142. The lowest BCUT2D eigenvalue weighted by atomic mass is 9.98. The monoisotopic (exact) mass is 494 g/mol. The zero-order chi connectivity index (χ0) is 24.9. The highest BCUT2D eigenvalue weighted by atomic mass is 19.4. The van der Waals surface area contributed by atoms with Crippen LogP contribution in [-0.2, 0) is 13.0 Å². The number of H-pyrrole nitrogens is 1. The molecule has 4 aromatic heterocycles. The van der Waals surface area contributed by atoms with Crippen LogP contribution in [0, 0.1) is 0 Å². The minimum absolute atomic E-state index is 0.107. The molecule has 1 amide bonds. The zero-order valence-electron chi connectivity index (χ0n) is 18.5. The Balaban J connectivity index is 1.32. The van der Waals surface area contributed by atoms with E-state index >= 15 is 0 Å². The van der Waals surface area contributed by atoms with Crippen molar-refractivity contribution in [2.24, 2.45) is 0 Å². The van der Waals surface area contributed by atoms with Gasteiger partial charge in [0.2, 0.25) is 0 Å². The summed E-state index contributed by atoms with van der Waals surface area (Å²) in [4.78, 5) is 27.4. The number of aromatic nitrogens is 7. The second kappa shape index (κ2) is 8.29. The van der Waals surface area contributed by atoms with Gasteiger partial charge < -0.3 is 14.3 Å². The summed E-state index contributed by atoms with van der Waals surface area (Å²) in [5.74, 6) is -0.937. The van der Waals surface area contributed by atoms with Crippen molar-refractivity contribution in [1.82, 2.24) is 39.8 Å². The molecule has 5 heterocycles. The van der Waals surface area contributed by atoms with Crippen LogP contribution in [0.3, 0.4) is 0 Å². The summed E-state index contributed by atoms with van der Waals surface area (Å²) >= 11 is 0. The third-order valence-electron chi connectivity index (χ3n) is 5.92. The zero-order valence-corrected chi connectivity index (χ0v) is 18.5. The molecule has 0 radical (unpaired) electrons. The van der Waals surface area contributed by atoms with E-state index in [0.29, 0.717) is 29.0 Å². The molecule has 182 valence electrons. The molecule has 0 saturated carbocycles. The Labute approximate surface area is 200 Å². The van der Waals surface area contributed by atoms with Crippen LogP contribution in [0.1, 0.15) is 33.8 Å². The molecular weight excluding hydrogens is 477 g/mol. The fourth-order valence-electron chi connectivity index (χ4n) is 4.32. The number of para-hydroxylation sites is 1. The molecule has 0 spiro atoms. The summed E-state index contributed by atoms with van der Waals surface area (Å²) in [5.41, 5.74) is 3.16. The SMILES string of the molecule is O=C(c1nnc(-c2cnn(CC(F)(F)F)c2)o1)N1CCc2[nH]cnc2C1c1ccc2ccccc2n1. The number of fused-ring (bicyclic) bond motifs is 2. The van der Waals surface area contributed by atoms with E-state index in [-0.39, 0.29) is 17.3 Å². The van der Waals surface area contributed by atoms with E-state index in [4.69, 9.17) is 9.40 Å². The van der Waals surface area contributed by atoms with Gasteiger partial charge in [-0.25, -0.2) is 4.98 Å². The Bertz CT molecular complexity index is 1570. The molecule has 6 rings (SSSR count). The van der Waals surface area contributed by atoms with Crippen molar-refractivity contribution >= 4 is 16.8 Å². The molecule has 36 heavy (non-hydrogen) atoms. The molecule has 1 aromatic carbocycles. The van der Waals surface area contributed by atoms with Gasteiger partial charge in [0.05, 0.1) is 35.0 Å². The average Bonchev–Trinajstić information content (AvgIpc) is 3.62. The van der Waals surface area contributed by atoms with E-state index in [1.165, 1.54) is 6.20 Å². The van der Waals surface area contributed by atoms with E-state index in [1.54, 1.807) is 11.2 Å². The molecule has 13 heteroatoms. The summed E-state index contributed by atoms with van der Waals surface area (Å²) in [6.07, 6.45) is -0.00291. The number of hydrogen-bond donors (Lipinski definition) is 1. The minimum atomic E-state index is -4.43. The Hall–Kier alpha value is -4.55. The van der Waals surface area contributed by atoms with Crippen LogP contribution in [0.15, 0.2) is 59.5 Å². The molecule has 0 saturated heterocycles. The molecule has 1 atom stereocenters. The highest BCUT2D eigenvalue weighted by Gasteiger charge is 2.37. The van der Waals surface area contributed by atoms with Gasteiger partial charge in [-0.3, -0.25) is 14.5 Å². The Morgan fingerprint density at radius 2 is 2.03 bits per heavy atom. The fourth-order valence-corrected chi connectivity index (χ4v) is 4.32. The van der Waals surface area contributed by atoms with Crippen LogP contribution in [0.4, 0.5) is 13.2 Å². The van der Waals surface area contributed by atoms with E-state index in [1.807, 2.05) is 36.4 Å². The number of aromatic amines is 1. The molecular formula is C23H17F3N8O2. The third kappa shape index (κ3) is 3.97. The van der Waals surface area contributed by atoms with Crippen molar-refractivity contribution in [1.29, 1.82) is 0 Å². The molecule has 0 bridgehead atoms. The van der Waals surface area contributed by atoms with Gasteiger partial charge in [-0.05, 0) is 12.1 Å². The first-order valence-corrected chi connectivity index (χ1v) is 11.0. The maximum absolute atomic E-state index is 13.5. The Morgan fingerprint density at radius 3 is 2.89 bits per heavy atom. The van der Waals surface area contributed by atoms with Crippen LogP contribution >= 0.6 is 0 Å². The van der Waals surface area contributed by atoms with Gasteiger partial charge in [-0.1, -0.05) is 24.3 Å². The van der Waals surface area contributed by atoms with E-state index < -0.39 is 24.7 Å². The first-order chi connectivity index (χ1) is 17.4. The van der Waals surface area contributed by atoms with Gasteiger partial charge in [-0.15, -0.1) is 10.2 Å². The number of halogens is 3. The van der Waals surface area contributed by atoms with Crippen LogP contribution < -0.4 is 0 Å². The van der Waals surface area contributed by atoms with Gasteiger partial charge in [0.1, 0.15) is 12.6 Å². The first-order valence-electron chi connectivity index (χ1n) is 11.0. The fraction of sp³-hybridized carbons (Fsp3) is 0.217. The van der Waals surface area contributed by atoms with Crippen molar-refractivity contribution in [2.75, 3.05) is 6.54 Å². The number of carbonyl (C=O) groups is 1. The Morgan fingerprint density at radius 1 is 1.17 bits per heavy atom. The van der Waals surface area contributed by atoms with Crippen molar-refractivity contribution in [3.8, 4) is 11.5 Å². The quantitative estimate of drug-likeness (QED) is 0.406. The number of nitrogens with one attached hydrogen (secondary N) is 1. The maximum Gasteiger partial charge on any atom is 0.408 e. The topological polar surface area (TPSA) is 119 Å². The number of benzene rings is 1. The molecule has 0 fully saturated rings. The van der Waals surface area contributed by atoms with Gasteiger partial charge >= 0.3 is 18.0 Å². The summed E-state index contributed by atoms with van der Waals surface area (Å²) in [6, 6.07) is 10.8. The van der Waals surface area contributed by atoms with E-state index in [0.717, 1.165) is 22.8 Å². The average molecular weight is 494 g/mol. The minimum Gasteiger partial charge on any atom is -0.412 e.